The van der Waals surface area contributed by atoms with Crippen LogP contribution in [0.2, 0.25) is 0 Å². The third-order valence-corrected chi connectivity index (χ3v) is 7.29. The molecule has 10 heteroatoms. The third-order valence-electron chi connectivity index (χ3n) is 5.44. The van der Waals surface area contributed by atoms with Gasteiger partial charge in [-0.3, -0.25) is 4.57 Å². The van der Waals surface area contributed by atoms with Crippen molar-refractivity contribution in [1.29, 1.82) is 0 Å². The maximum Gasteiger partial charge on any atom is 0.416 e. The lowest BCUT2D eigenvalue weighted by molar-refractivity contribution is -0.137. The van der Waals surface area contributed by atoms with Crippen molar-refractivity contribution in [2.24, 2.45) is 0 Å². The lowest BCUT2D eigenvalue weighted by Gasteiger charge is -2.31. The molecule has 0 amide bonds. The summed E-state index contributed by atoms with van der Waals surface area (Å²) >= 11 is 0. The number of rotatable bonds is 4. The van der Waals surface area contributed by atoms with Crippen LogP contribution in [0.5, 0.6) is 0 Å². The van der Waals surface area contributed by atoms with E-state index in [9.17, 15) is 26.4 Å². The summed E-state index contributed by atoms with van der Waals surface area (Å²) in [5.74, 6) is -0.358. The van der Waals surface area contributed by atoms with Crippen LogP contribution in [0.15, 0.2) is 53.3 Å². The molecule has 30 heavy (non-hydrogen) atoms. The van der Waals surface area contributed by atoms with Gasteiger partial charge in [0.25, 0.3) is 0 Å². The molecule has 0 aliphatic carbocycles. The average Bonchev–Trinajstić information content (AvgIpc) is 3.03. The number of hydrogen-bond acceptors (Lipinski definition) is 3. The van der Waals surface area contributed by atoms with Crippen LogP contribution >= 0.6 is 0 Å². The number of H-pyrrole nitrogens is 1. The van der Waals surface area contributed by atoms with Crippen LogP contribution in [0.3, 0.4) is 0 Å². The van der Waals surface area contributed by atoms with E-state index in [0.29, 0.717) is 18.4 Å². The molecule has 1 N–H and O–H groups in total. The fourth-order valence-corrected chi connectivity index (χ4v) is 5.47. The van der Waals surface area contributed by atoms with Gasteiger partial charge in [0.05, 0.1) is 22.3 Å². The number of alkyl halides is 3. The Labute approximate surface area is 171 Å². The zero-order valence-electron chi connectivity index (χ0n) is 15.9. The van der Waals surface area contributed by atoms with Crippen molar-refractivity contribution in [1.82, 2.24) is 13.9 Å². The molecule has 1 aromatic heterocycles. The number of halogens is 3. The Morgan fingerprint density at radius 3 is 2.27 bits per heavy atom. The van der Waals surface area contributed by atoms with Gasteiger partial charge in [0.2, 0.25) is 10.0 Å². The zero-order valence-corrected chi connectivity index (χ0v) is 16.7. The monoisotopic (exact) mass is 439 g/mol. The van der Waals surface area contributed by atoms with E-state index in [0.717, 1.165) is 23.2 Å². The van der Waals surface area contributed by atoms with Crippen molar-refractivity contribution in [2.75, 3.05) is 13.1 Å². The maximum absolute atomic E-state index is 12.7. The van der Waals surface area contributed by atoms with Crippen LogP contribution in [-0.4, -0.2) is 35.4 Å². The van der Waals surface area contributed by atoms with E-state index >= 15 is 0 Å². The summed E-state index contributed by atoms with van der Waals surface area (Å²) in [4.78, 5) is 15.2. The van der Waals surface area contributed by atoms with Crippen LogP contribution in [0, 0.1) is 0 Å². The van der Waals surface area contributed by atoms with Gasteiger partial charge < -0.3 is 4.98 Å². The van der Waals surface area contributed by atoms with Crippen LogP contribution in [0.1, 0.15) is 30.0 Å². The molecule has 0 bridgehead atoms. The lowest BCUT2D eigenvalue weighted by Crippen LogP contribution is -2.41. The highest BCUT2D eigenvalue weighted by molar-refractivity contribution is 7.88. The van der Waals surface area contributed by atoms with E-state index in [4.69, 9.17) is 0 Å². The number of fused-ring (bicyclic) bond motifs is 1. The minimum atomic E-state index is -4.46. The molecule has 1 aliphatic heterocycles. The highest BCUT2D eigenvalue weighted by Crippen LogP contribution is 2.30. The number of hydrogen-bond donors (Lipinski definition) is 1. The first kappa shape index (κ1) is 20.7. The highest BCUT2D eigenvalue weighted by atomic mass is 32.2. The molecule has 2 aromatic carbocycles. The summed E-state index contributed by atoms with van der Waals surface area (Å²) in [7, 11) is -3.67. The number of benzene rings is 2. The third kappa shape index (κ3) is 4.01. The number of nitrogens with one attached hydrogen (secondary N) is 1. The molecule has 0 unspecified atom stereocenters. The second kappa shape index (κ2) is 7.59. The first-order valence-corrected chi connectivity index (χ1v) is 11.1. The number of sulfonamides is 1. The number of para-hydroxylation sites is 2. The SMILES string of the molecule is O=c1[nH]c2ccccc2n1C1CCN(S(=O)(=O)Cc2ccc(C(F)(F)F)cc2)CC1. The quantitative estimate of drug-likeness (QED) is 0.676. The number of aromatic nitrogens is 2. The van der Waals surface area contributed by atoms with E-state index < -0.39 is 21.8 Å². The number of aromatic amines is 1. The number of piperidine rings is 1. The fourth-order valence-electron chi connectivity index (χ4n) is 3.91. The average molecular weight is 439 g/mol. The second-order valence-corrected chi connectivity index (χ2v) is 9.37. The Hall–Kier alpha value is -2.59. The zero-order chi connectivity index (χ0) is 21.5. The maximum atomic E-state index is 12.7. The van der Waals surface area contributed by atoms with Crippen molar-refractivity contribution in [3.05, 3.63) is 70.1 Å². The fraction of sp³-hybridized carbons (Fsp3) is 0.350. The first-order chi connectivity index (χ1) is 14.1. The Balaban J connectivity index is 1.45. The van der Waals surface area contributed by atoms with Gasteiger partial charge in [0.1, 0.15) is 0 Å². The van der Waals surface area contributed by atoms with Crippen molar-refractivity contribution >= 4 is 21.1 Å². The summed E-state index contributed by atoms with van der Waals surface area (Å²) in [6, 6.07) is 11.4. The summed E-state index contributed by atoms with van der Waals surface area (Å²) in [5, 5.41) is 0. The molecule has 1 aliphatic rings. The van der Waals surface area contributed by atoms with Crippen molar-refractivity contribution in [3.8, 4) is 0 Å². The molecular weight excluding hydrogens is 419 g/mol. The van der Waals surface area contributed by atoms with Gasteiger partial charge >= 0.3 is 11.9 Å². The van der Waals surface area contributed by atoms with Crippen LogP contribution in [-0.2, 0) is 22.0 Å². The molecule has 1 fully saturated rings. The predicted octanol–water partition coefficient (Wildman–Crippen LogP) is 3.52. The molecule has 0 spiro atoms. The molecule has 0 saturated carbocycles. The number of nitrogens with zero attached hydrogens (tertiary/aromatic N) is 2. The normalized spacial score (nSPS) is 16.9. The van der Waals surface area contributed by atoms with Gasteiger partial charge in [-0.05, 0) is 42.7 Å². The van der Waals surface area contributed by atoms with Gasteiger partial charge in [0, 0.05) is 19.1 Å². The van der Waals surface area contributed by atoms with Crippen LogP contribution in [0.4, 0.5) is 13.2 Å². The van der Waals surface area contributed by atoms with Crippen molar-refractivity contribution in [2.45, 2.75) is 30.8 Å². The Bertz CT molecular complexity index is 1210. The summed E-state index contributed by atoms with van der Waals surface area (Å²) in [5.41, 5.74) is 0.794. The minimum Gasteiger partial charge on any atom is -0.306 e. The van der Waals surface area contributed by atoms with Crippen LogP contribution < -0.4 is 5.69 Å². The summed E-state index contributed by atoms with van der Waals surface area (Å²) in [6.45, 7) is 0.499. The molecule has 0 radical (unpaired) electrons. The minimum absolute atomic E-state index is 0.119. The molecule has 0 atom stereocenters. The topological polar surface area (TPSA) is 75.2 Å². The molecule has 2 heterocycles. The Morgan fingerprint density at radius 2 is 1.63 bits per heavy atom. The number of imidazole rings is 1. The second-order valence-electron chi connectivity index (χ2n) is 7.40. The molecule has 4 rings (SSSR count). The van der Waals surface area contributed by atoms with E-state index in [1.54, 1.807) is 4.57 Å². The van der Waals surface area contributed by atoms with Gasteiger partial charge in [-0.1, -0.05) is 24.3 Å². The molecule has 3 aromatic rings. The highest BCUT2D eigenvalue weighted by Gasteiger charge is 2.32. The molecule has 1 saturated heterocycles. The van der Waals surface area contributed by atoms with Gasteiger partial charge in [0.15, 0.2) is 0 Å². The Morgan fingerprint density at radius 1 is 1.00 bits per heavy atom. The predicted molar refractivity (Wildman–Crippen MR) is 106 cm³/mol. The van der Waals surface area contributed by atoms with E-state index in [1.807, 2.05) is 24.3 Å². The summed E-state index contributed by atoms with van der Waals surface area (Å²) < 4.78 is 66.5. The van der Waals surface area contributed by atoms with E-state index in [-0.39, 0.29) is 30.6 Å². The van der Waals surface area contributed by atoms with E-state index in [2.05, 4.69) is 4.98 Å². The smallest absolute Gasteiger partial charge is 0.306 e. The van der Waals surface area contributed by atoms with E-state index in [1.165, 1.54) is 16.4 Å². The van der Waals surface area contributed by atoms with Crippen molar-refractivity contribution in [3.63, 3.8) is 0 Å². The van der Waals surface area contributed by atoms with Crippen molar-refractivity contribution < 1.29 is 21.6 Å². The standard InChI is InChI=1S/C20H20F3N3O3S/c21-20(22,23)15-7-5-14(6-8-15)13-30(28,29)25-11-9-16(10-12-25)26-18-4-2-1-3-17(18)24-19(26)27/h1-8,16H,9-13H2,(H,24,27). The Kier molecular flexibility index (Phi) is 5.23. The molecule has 160 valence electrons. The lowest BCUT2D eigenvalue weighted by atomic mass is 10.1. The van der Waals surface area contributed by atoms with Gasteiger partial charge in [-0.15, -0.1) is 0 Å². The van der Waals surface area contributed by atoms with Crippen LogP contribution in [0.25, 0.3) is 11.0 Å². The van der Waals surface area contributed by atoms with Gasteiger partial charge in [-0.2, -0.15) is 13.2 Å². The summed E-state index contributed by atoms with van der Waals surface area (Å²) in [6.07, 6.45) is -3.50. The molecule has 6 nitrogen and oxygen atoms in total. The first-order valence-electron chi connectivity index (χ1n) is 9.48. The molecular formula is C20H20F3N3O3S. The van der Waals surface area contributed by atoms with Gasteiger partial charge in [-0.25, -0.2) is 17.5 Å². The largest absolute Gasteiger partial charge is 0.416 e.